The molecule has 3 rings (SSSR count). The predicted molar refractivity (Wildman–Crippen MR) is 112 cm³/mol. The highest BCUT2D eigenvalue weighted by Crippen LogP contribution is 2.40. The number of aliphatic hydroxyl groups is 1. The molecule has 0 bridgehead atoms. The van der Waals surface area contributed by atoms with E-state index in [1.54, 1.807) is 0 Å². The number of hydrogen-bond donors (Lipinski definition) is 2. The Morgan fingerprint density at radius 3 is 2.18 bits per heavy atom. The number of aliphatic carboxylic acids is 1. The first-order chi connectivity index (χ1) is 15.6. The number of rotatable bonds is 8. The van der Waals surface area contributed by atoms with Gasteiger partial charge in [-0.2, -0.15) is 0 Å². The monoisotopic (exact) mass is 455 g/mol. The Kier molecular flexibility index (Phi) is 6.47. The second kappa shape index (κ2) is 9.26. The number of carbonyl (C=O) groups is 3. The number of hydrogen-bond acceptors (Lipinski definition) is 8. The van der Waals surface area contributed by atoms with Gasteiger partial charge in [0.15, 0.2) is 0 Å². The molecule has 12 heteroatoms. The summed E-state index contributed by atoms with van der Waals surface area (Å²) in [5, 5.41) is 41.9. The maximum atomic E-state index is 12.8. The van der Waals surface area contributed by atoms with E-state index in [1.165, 1.54) is 30.3 Å². The Hall–Kier alpha value is -4.61. The van der Waals surface area contributed by atoms with E-state index >= 15 is 0 Å². The molecule has 1 aliphatic heterocycles. The van der Waals surface area contributed by atoms with Crippen molar-refractivity contribution in [1.29, 1.82) is 0 Å². The zero-order valence-electron chi connectivity index (χ0n) is 16.9. The molecule has 0 radical (unpaired) electrons. The molecule has 1 atom stereocenters. The largest absolute Gasteiger partial charge is 0.507 e. The molecule has 2 aromatic carbocycles. The zero-order chi connectivity index (χ0) is 24.3. The minimum atomic E-state index is -1.21. The van der Waals surface area contributed by atoms with E-state index < -0.39 is 39.3 Å². The average Bonchev–Trinajstić information content (AvgIpc) is 3.03. The number of nitro benzene ring substituents is 2. The molecule has 33 heavy (non-hydrogen) atoms. The quantitative estimate of drug-likeness (QED) is 0.199. The second-order valence-corrected chi connectivity index (χ2v) is 7.15. The van der Waals surface area contributed by atoms with Crippen molar-refractivity contribution < 1.29 is 34.4 Å². The van der Waals surface area contributed by atoms with Crippen LogP contribution in [0.5, 0.6) is 0 Å². The average molecular weight is 455 g/mol. The summed E-state index contributed by atoms with van der Waals surface area (Å²) < 4.78 is 0. The first kappa shape index (κ1) is 23.1. The van der Waals surface area contributed by atoms with E-state index in [2.05, 4.69) is 0 Å². The number of carbonyl (C=O) groups excluding carboxylic acids is 2. The number of nitrogens with zero attached hydrogens (tertiary/aromatic N) is 3. The van der Waals surface area contributed by atoms with Crippen molar-refractivity contribution in [1.82, 2.24) is 4.90 Å². The minimum Gasteiger partial charge on any atom is -0.507 e. The molecule has 2 N–H and O–H groups in total. The Morgan fingerprint density at radius 2 is 1.61 bits per heavy atom. The molecule has 170 valence electrons. The van der Waals surface area contributed by atoms with Gasteiger partial charge < -0.3 is 15.1 Å². The number of ketones is 1. The summed E-state index contributed by atoms with van der Waals surface area (Å²) in [6, 6.07) is 8.59. The lowest BCUT2D eigenvalue weighted by atomic mass is 9.95. The molecule has 1 aliphatic rings. The number of carboxylic acid groups (broad SMARTS) is 1. The van der Waals surface area contributed by atoms with Gasteiger partial charge in [-0.25, -0.2) is 0 Å². The lowest BCUT2D eigenvalue weighted by Gasteiger charge is -2.25. The molecular weight excluding hydrogens is 438 g/mol. The van der Waals surface area contributed by atoms with E-state index in [-0.39, 0.29) is 47.5 Å². The number of aliphatic hydroxyl groups excluding tert-OH is 1. The third kappa shape index (κ3) is 4.69. The fraction of sp³-hybridized carbons (Fsp3) is 0.190. The first-order valence-electron chi connectivity index (χ1n) is 9.61. The van der Waals surface area contributed by atoms with Crippen molar-refractivity contribution in [3.05, 3.63) is 85.5 Å². The van der Waals surface area contributed by atoms with Gasteiger partial charge in [0, 0.05) is 42.8 Å². The summed E-state index contributed by atoms with van der Waals surface area (Å²) in [7, 11) is 0. The third-order valence-electron chi connectivity index (χ3n) is 5.08. The van der Waals surface area contributed by atoms with Crippen LogP contribution in [0.15, 0.2) is 54.1 Å². The van der Waals surface area contributed by atoms with Gasteiger partial charge in [-0.1, -0.05) is 12.1 Å². The van der Waals surface area contributed by atoms with Crippen LogP contribution < -0.4 is 0 Å². The van der Waals surface area contributed by atoms with Crippen LogP contribution in [0.4, 0.5) is 11.4 Å². The van der Waals surface area contributed by atoms with Crippen LogP contribution >= 0.6 is 0 Å². The Bertz CT molecular complexity index is 1190. The van der Waals surface area contributed by atoms with Crippen molar-refractivity contribution in [2.45, 2.75) is 18.9 Å². The van der Waals surface area contributed by atoms with Crippen LogP contribution in [-0.2, 0) is 14.4 Å². The summed E-state index contributed by atoms with van der Waals surface area (Å²) in [5.41, 5.74) is -0.721. The molecule has 1 amide bonds. The van der Waals surface area contributed by atoms with Crippen LogP contribution in [0, 0.1) is 20.2 Å². The normalized spacial score (nSPS) is 17.2. The summed E-state index contributed by atoms with van der Waals surface area (Å²) >= 11 is 0. The fourth-order valence-corrected chi connectivity index (χ4v) is 3.56. The van der Waals surface area contributed by atoms with Gasteiger partial charge in [0.25, 0.3) is 23.1 Å². The Labute approximate surface area is 185 Å². The fourth-order valence-electron chi connectivity index (χ4n) is 3.56. The molecule has 1 saturated heterocycles. The second-order valence-electron chi connectivity index (χ2n) is 7.15. The highest BCUT2D eigenvalue weighted by atomic mass is 16.6. The van der Waals surface area contributed by atoms with Crippen LogP contribution in [-0.4, -0.2) is 49.2 Å². The number of amides is 1. The number of non-ortho nitro benzene ring substituents is 2. The summed E-state index contributed by atoms with van der Waals surface area (Å²) in [4.78, 5) is 58.3. The number of carboxylic acids is 1. The van der Waals surface area contributed by atoms with Crippen LogP contribution in [0.1, 0.15) is 30.0 Å². The van der Waals surface area contributed by atoms with Gasteiger partial charge in [0.2, 0.25) is 0 Å². The highest BCUT2D eigenvalue weighted by molar-refractivity contribution is 6.46. The van der Waals surface area contributed by atoms with Crippen LogP contribution in [0.3, 0.4) is 0 Å². The molecule has 0 spiro atoms. The summed E-state index contributed by atoms with van der Waals surface area (Å²) in [5.74, 6) is -3.78. The molecule has 0 saturated carbocycles. The lowest BCUT2D eigenvalue weighted by Crippen LogP contribution is -2.31. The standard InChI is InChI=1S/C21H17N3O9/c25-16(26)5-2-10-22-18(13-3-1-4-15(11-13)24(32)33)17(20(28)21(22)29)19(27)12-6-8-14(9-7-12)23(30)31/h1,3-4,6-9,11,18,27H,2,5,10H2,(H,25,26)/b19-17+/t18-/m1/s1. The number of benzene rings is 2. The van der Waals surface area contributed by atoms with Crippen molar-refractivity contribution >= 4 is 34.8 Å². The SMILES string of the molecule is O=C(O)CCCN1C(=O)C(=O)/C(=C(/O)c2ccc([N+](=O)[O-])cc2)[C@H]1c1cccc([N+](=O)[O-])c1. The van der Waals surface area contributed by atoms with Crippen molar-refractivity contribution in [2.24, 2.45) is 0 Å². The number of likely N-dealkylation sites (tertiary alicyclic amines) is 1. The van der Waals surface area contributed by atoms with E-state index in [9.17, 15) is 39.7 Å². The Morgan fingerprint density at radius 1 is 0.970 bits per heavy atom. The molecule has 0 aliphatic carbocycles. The first-order valence-corrected chi connectivity index (χ1v) is 9.61. The van der Waals surface area contributed by atoms with Gasteiger partial charge in [-0.15, -0.1) is 0 Å². The van der Waals surface area contributed by atoms with E-state index in [1.807, 2.05) is 0 Å². The highest BCUT2D eigenvalue weighted by Gasteiger charge is 2.46. The van der Waals surface area contributed by atoms with Crippen LogP contribution in [0.25, 0.3) is 5.76 Å². The molecule has 0 unspecified atom stereocenters. The van der Waals surface area contributed by atoms with Crippen LogP contribution in [0.2, 0.25) is 0 Å². The number of nitro groups is 2. The molecule has 0 aromatic heterocycles. The van der Waals surface area contributed by atoms with Gasteiger partial charge >= 0.3 is 5.97 Å². The zero-order valence-corrected chi connectivity index (χ0v) is 16.9. The Balaban J connectivity index is 2.13. The number of Topliss-reactive ketones (excluding diaryl/α,β-unsaturated/α-hetero) is 1. The minimum absolute atomic E-state index is 0.00531. The van der Waals surface area contributed by atoms with E-state index in [0.717, 1.165) is 23.1 Å². The van der Waals surface area contributed by atoms with Crippen molar-refractivity contribution in [2.75, 3.05) is 6.54 Å². The molecular formula is C21H17N3O9. The summed E-state index contributed by atoms with van der Waals surface area (Å²) in [6.45, 7) is -0.152. The van der Waals surface area contributed by atoms with Gasteiger partial charge in [-0.3, -0.25) is 34.6 Å². The van der Waals surface area contributed by atoms with Gasteiger partial charge in [0.1, 0.15) is 5.76 Å². The summed E-state index contributed by atoms with van der Waals surface area (Å²) in [6.07, 6.45) is -0.279. The molecule has 1 fully saturated rings. The third-order valence-corrected chi connectivity index (χ3v) is 5.08. The maximum absolute atomic E-state index is 12.8. The molecule has 1 heterocycles. The molecule has 12 nitrogen and oxygen atoms in total. The van der Waals surface area contributed by atoms with Gasteiger partial charge in [-0.05, 0) is 24.1 Å². The maximum Gasteiger partial charge on any atom is 0.303 e. The molecule has 2 aromatic rings. The lowest BCUT2D eigenvalue weighted by molar-refractivity contribution is -0.385. The van der Waals surface area contributed by atoms with Gasteiger partial charge in [0.05, 0.1) is 21.5 Å². The topological polar surface area (TPSA) is 181 Å². The van der Waals surface area contributed by atoms with Crippen molar-refractivity contribution in [3.63, 3.8) is 0 Å². The van der Waals surface area contributed by atoms with Crippen molar-refractivity contribution in [3.8, 4) is 0 Å². The predicted octanol–water partition coefficient (Wildman–Crippen LogP) is 2.79. The van der Waals surface area contributed by atoms with E-state index in [4.69, 9.17) is 5.11 Å². The van der Waals surface area contributed by atoms with E-state index in [0.29, 0.717) is 0 Å². The smallest absolute Gasteiger partial charge is 0.303 e.